The summed E-state index contributed by atoms with van der Waals surface area (Å²) in [6.45, 7) is 2.74. The Morgan fingerprint density at radius 1 is 0.649 bits per heavy atom. The summed E-state index contributed by atoms with van der Waals surface area (Å²) in [5.74, 6) is 0. The topological polar surface area (TPSA) is 62.9 Å². The minimum Gasteiger partial charge on any atom is -0.680 e. The third-order valence-corrected chi connectivity index (χ3v) is 12.1. The van der Waals surface area contributed by atoms with Gasteiger partial charge in [-0.2, -0.15) is 0 Å². The number of fused-ring (bicyclic) bond motifs is 8. The van der Waals surface area contributed by atoms with Crippen LogP contribution in [0.5, 0.6) is 0 Å². The second-order valence-corrected chi connectivity index (χ2v) is 14.8. The molecule has 0 saturated heterocycles. The molecule has 0 radical (unpaired) electrons. The summed E-state index contributed by atoms with van der Waals surface area (Å²) in [5.41, 5.74) is 21.7. The van der Waals surface area contributed by atoms with Crippen molar-refractivity contribution in [2.24, 2.45) is 5.73 Å². The summed E-state index contributed by atoms with van der Waals surface area (Å²) in [5, 5.41) is 10.1. The van der Waals surface area contributed by atoms with Crippen LogP contribution >= 0.6 is 0 Å². The largest absolute Gasteiger partial charge is 0.680 e. The van der Waals surface area contributed by atoms with Crippen LogP contribution in [0.15, 0.2) is 200 Å². The molecule has 2 aliphatic rings. The fraction of sp³-hybridized carbons (Fsp3) is 0.0577. The molecule has 57 heavy (non-hydrogen) atoms. The van der Waals surface area contributed by atoms with E-state index in [0.29, 0.717) is 6.54 Å². The van der Waals surface area contributed by atoms with Crippen LogP contribution in [0.3, 0.4) is 0 Å². The van der Waals surface area contributed by atoms with E-state index >= 15 is 0 Å². The third-order valence-electron chi connectivity index (χ3n) is 12.1. The van der Waals surface area contributed by atoms with Gasteiger partial charge >= 0.3 is 0 Å². The van der Waals surface area contributed by atoms with Crippen LogP contribution in [-0.4, -0.2) is 20.7 Å². The smallest absolute Gasteiger partial charge is 0.0693 e. The van der Waals surface area contributed by atoms with Gasteiger partial charge in [-0.05, 0) is 125 Å². The van der Waals surface area contributed by atoms with Gasteiger partial charge < -0.3 is 20.2 Å². The van der Waals surface area contributed by atoms with E-state index < -0.39 is 5.41 Å². The van der Waals surface area contributed by atoms with Crippen molar-refractivity contribution in [1.29, 1.82) is 0 Å². The molecule has 0 fully saturated rings. The van der Waals surface area contributed by atoms with Gasteiger partial charge in [0.15, 0.2) is 0 Å². The Morgan fingerprint density at radius 3 is 1.75 bits per heavy atom. The highest BCUT2D eigenvalue weighted by atomic mass is 15.0. The lowest BCUT2D eigenvalue weighted by Gasteiger charge is -2.37. The third kappa shape index (κ3) is 4.72. The van der Waals surface area contributed by atoms with Crippen LogP contribution in [-0.2, 0) is 5.41 Å². The second kappa shape index (κ2) is 12.9. The Hall–Kier alpha value is -7.37. The van der Waals surface area contributed by atoms with Crippen LogP contribution in [0.4, 0.5) is 0 Å². The van der Waals surface area contributed by atoms with Crippen molar-refractivity contribution in [2.75, 3.05) is 6.54 Å². The maximum absolute atomic E-state index is 6.15. The number of allylic oxidation sites excluding steroid dienone is 5. The molecule has 1 unspecified atom stereocenters. The molecule has 2 N–H and O–H groups in total. The lowest BCUT2D eigenvalue weighted by Crippen LogP contribution is -2.30. The summed E-state index contributed by atoms with van der Waals surface area (Å²) in [6, 6.07) is 53.0. The van der Waals surface area contributed by atoms with Gasteiger partial charge in [0.25, 0.3) is 0 Å². The lowest BCUT2D eigenvalue weighted by atomic mass is 9.66. The number of pyridine rings is 1. The highest BCUT2D eigenvalue weighted by Gasteiger charge is 2.46. The van der Waals surface area contributed by atoms with E-state index in [1.165, 1.54) is 49.3 Å². The zero-order valence-corrected chi connectivity index (χ0v) is 31.5. The molecule has 9 aromatic rings. The summed E-state index contributed by atoms with van der Waals surface area (Å²) in [4.78, 5) is 4.40. The number of benzene rings is 6. The number of rotatable bonds is 6. The standard InChI is InChI=1S/C52H38N5/c1-2-36(25-28-53)52(37-26-30-54-31-27-37)45-13-9-29-55-51(45)44-33-50-43(32-46(44)52)42-12-5-8-16-49(42)57(50)39-23-19-35(20-24-39)34-17-21-38(22-18-34)56-47-14-6-3-10-40(47)41-11-4-7-15-48(41)56/h2-28,30-33H,29,53H2,1H3/q-1/b28-25-,36-2+. The maximum Gasteiger partial charge on any atom is 0.0693 e. The van der Waals surface area contributed by atoms with E-state index in [2.05, 4.69) is 185 Å². The zero-order chi connectivity index (χ0) is 38.1. The van der Waals surface area contributed by atoms with Crippen LogP contribution in [0.1, 0.15) is 23.6 Å². The van der Waals surface area contributed by atoms with Crippen molar-refractivity contribution in [3.63, 3.8) is 0 Å². The van der Waals surface area contributed by atoms with Crippen molar-refractivity contribution in [2.45, 2.75) is 12.3 Å². The number of nitrogens with two attached hydrogens (primary N) is 1. The minimum atomic E-state index is -0.602. The van der Waals surface area contributed by atoms with Gasteiger partial charge in [0.2, 0.25) is 0 Å². The van der Waals surface area contributed by atoms with Crippen LogP contribution in [0, 0.1) is 0 Å². The van der Waals surface area contributed by atoms with Crippen LogP contribution < -0.4 is 5.73 Å². The number of aromatic nitrogens is 3. The number of nitrogens with zero attached hydrogens (tertiary/aromatic N) is 4. The monoisotopic (exact) mass is 732 g/mol. The lowest BCUT2D eigenvalue weighted by molar-refractivity contribution is 0.755. The first-order valence-corrected chi connectivity index (χ1v) is 19.5. The summed E-state index contributed by atoms with van der Waals surface area (Å²) >= 11 is 0. The molecule has 0 saturated carbocycles. The Morgan fingerprint density at radius 2 is 1.19 bits per heavy atom. The first-order chi connectivity index (χ1) is 28.2. The number of hydrogen-bond donors (Lipinski definition) is 1. The second-order valence-electron chi connectivity index (χ2n) is 14.8. The van der Waals surface area contributed by atoms with Gasteiger partial charge in [0, 0.05) is 45.3 Å². The van der Waals surface area contributed by atoms with Crippen LogP contribution in [0.25, 0.3) is 77.1 Å². The molecule has 0 amide bonds. The maximum atomic E-state index is 6.15. The van der Waals surface area contributed by atoms with Gasteiger partial charge in [0.1, 0.15) is 0 Å². The SMILES string of the molecule is C/C=C(\C=C/N)C1(c2ccncc2)C2=C([N-]CC=C2)c2cc3c(cc21)c1ccccc1n3-c1ccc(-c2ccc(-n3c4ccccc4c4ccccc43)cc2)cc1. The van der Waals surface area contributed by atoms with E-state index in [-0.39, 0.29) is 0 Å². The van der Waals surface area contributed by atoms with Gasteiger partial charge in [-0.1, -0.05) is 91.0 Å². The molecule has 11 rings (SSSR count). The number of para-hydroxylation sites is 3. The predicted octanol–water partition coefficient (Wildman–Crippen LogP) is 12.3. The van der Waals surface area contributed by atoms with Crippen molar-refractivity contribution >= 4 is 49.3 Å². The van der Waals surface area contributed by atoms with E-state index in [4.69, 9.17) is 11.1 Å². The first-order valence-electron chi connectivity index (χ1n) is 19.5. The van der Waals surface area contributed by atoms with Gasteiger partial charge in [-0.15, -0.1) is 18.3 Å². The van der Waals surface area contributed by atoms with Gasteiger partial charge in [0.05, 0.1) is 27.5 Å². The van der Waals surface area contributed by atoms with Crippen molar-refractivity contribution in [3.05, 3.63) is 222 Å². The van der Waals surface area contributed by atoms with E-state index in [9.17, 15) is 0 Å². The quantitative estimate of drug-likeness (QED) is 0.173. The molecule has 1 atom stereocenters. The average Bonchev–Trinajstić information content (AvgIpc) is 3.89. The van der Waals surface area contributed by atoms with Crippen molar-refractivity contribution in [1.82, 2.24) is 14.1 Å². The van der Waals surface area contributed by atoms with Crippen molar-refractivity contribution < 1.29 is 0 Å². The van der Waals surface area contributed by atoms with E-state index in [1.54, 1.807) is 6.20 Å². The summed E-state index contributed by atoms with van der Waals surface area (Å²) in [6.07, 6.45) is 14.1. The zero-order valence-electron chi connectivity index (χ0n) is 31.5. The molecule has 3 aromatic heterocycles. The highest BCUT2D eigenvalue weighted by Crippen LogP contribution is 2.58. The summed E-state index contributed by atoms with van der Waals surface area (Å²) in [7, 11) is 0. The Balaban J connectivity index is 1.05. The van der Waals surface area contributed by atoms with E-state index in [1.807, 2.05) is 18.5 Å². The van der Waals surface area contributed by atoms with Crippen molar-refractivity contribution in [3.8, 4) is 22.5 Å². The molecule has 4 heterocycles. The fourth-order valence-corrected chi connectivity index (χ4v) is 9.69. The molecular formula is C52H38N5-. The minimum absolute atomic E-state index is 0.602. The Labute approximate surface area is 331 Å². The predicted molar refractivity (Wildman–Crippen MR) is 237 cm³/mol. The van der Waals surface area contributed by atoms with Gasteiger partial charge in [-0.3, -0.25) is 4.98 Å². The molecular weight excluding hydrogens is 695 g/mol. The Bertz CT molecular complexity index is 3120. The molecule has 5 heteroatoms. The molecule has 272 valence electrons. The molecule has 5 nitrogen and oxygen atoms in total. The normalized spacial score (nSPS) is 16.6. The molecule has 1 aliphatic carbocycles. The average molecular weight is 733 g/mol. The molecule has 0 spiro atoms. The molecule has 0 bridgehead atoms. The highest BCUT2D eigenvalue weighted by molar-refractivity contribution is 6.12. The number of hydrogen-bond acceptors (Lipinski definition) is 2. The van der Waals surface area contributed by atoms with Crippen LogP contribution in [0.2, 0.25) is 0 Å². The first kappa shape index (κ1) is 33.0. The fourth-order valence-electron chi connectivity index (χ4n) is 9.69. The van der Waals surface area contributed by atoms with Gasteiger partial charge in [-0.25, -0.2) is 0 Å². The van der Waals surface area contributed by atoms with E-state index in [0.717, 1.165) is 50.4 Å². The molecule has 1 aliphatic heterocycles. The summed E-state index contributed by atoms with van der Waals surface area (Å²) < 4.78 is 4.77. The molecule has 6 aromatic carbocycles. The Kier molecular flexibility index (Phi) is 7.45.